The number of aromatic nitrogens is 1. The quantitative estimate of drug-likeness (QED) is 0.411. The van der Waals surface area contributed by atoms with Gasteiger partial charge in [-0.3, -0.25) is 0 Å². The van der Waals surface area contributed by atoms with Gasteiger partial charge in [0.05, 0.1) is 0 Å². The first-order valence-corrected chi connectivity index (χ1v) is 8.49. The zero-order chi connectivity index (χ0) is 17.2. The number of hydrogen-bond donors (Lipinski definition) is 0. The molecule has 4 aromatic rings. The summed E-state index contributed by atoms with van der Waals surface area (Å²) in [6.07, 6.45) is 0. The zero-order valence-electron chi connectivity index (χ0n) is 14.1. The third-order valence-corrected chi connectivity index (χ3v) is 4.51. The van der Waals surface area contributed by atoms with Gasteiger partial charge < -0.3 is 9.21 Å². The molecule has 1 heterocycles. The molecule has 0 aliphatic rings. The summed E-state index contributed by atoms with van der Waals surface area (Å²) in [7, 11) is 0.720. The highest BCUT2D eigenvalue weighted by atomic mass is 16.5. The summed E-state index contributed by atoms with van der Waals surface area (Å²) in [6, 6.07) is 24.2. The summed E-state index contributed by atoms with van der Waals surface area (Å²) in [5.74, 6) is -0.286. The largest absolute Gasteiger partial charge is 0.456 e. The van der Waals surface area contributed by atoms with Gasteiger partial charge in [0.2, 0.25) is 7.41 Å². The molecule has 0 bridgehead atoms. The molecule has 4 heteroatoms. The summed E-state index contributed by atoms with van der Waals surface area (Å²) in [5, 5.41) is 3.41. The number of benzene rings is 3. The molecule has 0 aliphatic carbocycles. The number of carbonyl (C=O) groups is 1. The van der Waals surface area contributed by atoms with E-state index in [1.54, 1.807) is 0 Å². The lowest BCUT2D eigenvalue weighted by Gasteiger charge is -2.08. The molecule has 0 fully saturated rings. The van der Waals surface area contributed by atoms with Crippen molar-refractivity contribution in [3.05, 3.63) is 84.1 Å². The Balaban J connectivity index is 1.70. The summed E-state index contributed by atoms with van der Waals surface area (Å²) < 4.78 is 7.55. The normalized spacial score (nSPS) is 10.9. The van der Waals surface area contributed by atoms with Crippen molar-refractivity contribution in [2.24, 2.45) is 0 Å². The van der Waals surface area contributed by atoms with Gasteiger partial charge in [-0.2, -0.15) is 0 Å². The van der Waals surface area contributed by atoms with E-state index >= 15 is 0 Å². The minimum absolute atomic E-state index is 0.285. The lowest BCUT2D eigenvalue weighted by molar-refractivity contribution is 0.0465. The maximum absolute atomic E-state index is 12.6. The molecule has 3 aromatic carbocycles. The highest BCUT2D eigenvalue weighted by Crippen LogP contribution is 2.26. The summed E-state index contributed by atoms with van der Waals surface area (Å²) in [6.45, 7) is 2.33. The van der Waals surface area contributed by atoms with E-state index in [0.29, 0.717) is 5.69 Å². The second kappa shape index (κ2) is 6.48. The van der Waals surface area contributed by atoms with Gasteiger partial charge in [0.25, 0.3) is 0 Å². The van der Waals surface area contributed by atoms with Crippen LogP contribution < -0.4 is 0 Å². The number of hydrogen-bond acceptors (Lipinski definition) is 2. The molecule has 0 N–H and O–H groups in total. The molecule has 4 rings (SSSR count). The van der Waals surface area contributed by atoms with E-state index in [1.165, 1.54) is 10.8 Å². The lowest BCUT2D eigenvalue weighted by atomic mass is 9.98. The molecule has 1 aromatic heterocycles. The summed E-state index contributed by atoms with van der Waals surface area (Å²) >= 11 is 0. The molecule has 0 saturated carbocycles. The smallest absolute Gasteiger partial charge is 0.354 e. The first kappa shape index (κ1) is 15.5. The topological polar surface area (TPSA) is 31.2 Å². The van der Waals surface area contributed by atoms with Gasteiger partial charge in [0, 0.05) is 5.52 Å². The number of nitrogens with zero attached hydrogens (tertiary/aromatic N) is 1. The van der Waals surface area contributed by atoms with Crippen molar-refractivity contribution in [1.29, 1.82) is 0 Å². The number of esters is 1. The van der Waals surface area contributed by atoms with Crippen molar-refractivity contribution in [3.8, 4) is 0 Å². The van der Waals surface area contributed by atoms with Crippen LogP contribution in [-0.4, -0.2) is 17.9 Å². The molecule has 25 heavy (non-hydrogen) atoms. The third-order valence-electron chi connectivity index (χ3n) is 4.51. The first-order valence-electron chi connectivity index (χ1n) is 8.49. The predicted octanol–water partition coefficient (Wildman–Crippen LogP) is 4.40. The van der Waals surface area contributed by atoms with Gasteiger partial charge in [0.1, 0.15) is 12.3 Å². The fraction of sp³-hybridized carbons (Fsp3) is 0.0952. The molecule has 0 radical (unpaired) electrons. The Morgan fingerprint density at radius 3 is 2.32 bits per heavy atom. The minimum atomic E-state index is -0.286. The number of carbonyl (C=O) groups excluding carboxylic acids is 1. The zero-order valence-corrected chi connectivity index (χ0v) is 14.1. The van der Waals surface area contributed by atoms with Crippen LogP contribution in [0.25, 0.3) is 21.7 Å². The highest BCUT2D eigenvalue weighted by Gasteiger charge is 2.16. The fourth-order valence-electron chi connectivity index (χ4n) is 3.26. The Kier molecular flexibility index (Phi) is 4.02. The van der Waals surface area contributed by atoms with Crippen LogP contribution in [0.4, 0.5) is 0 Å². The molecule has 0 spiro atoms. The second-order valence-electron chi connectivity index (χ2n) is 6.09. The monoisotopic (exact) mass is 327 g/mol. The SMILES string of the molecule is CBn1c(C(=O)OCc2ccccc2)cc2cc3ccccc3cc21. The Morgan fingerprint density at radius 2 is 1.60 bits per heavy atom. The van der Waals surface area contributed by atoms with Crippen LogP contribution in [0.5, 0.6) is 0 Å². The van der Waals surface area contributed by atoms with E-state index in [0.717, 1.165) is 23.9 Å². The van der Waals surface area contributed by atoms with Crippen LogP contribution in [0.1, 0.15) is 16.1 Å². The molecule has 0 unspecified atom stereocenters. The first-order chi connectivity index (χ1) is 12.3. The van der Waals surface area contributed by atoms with E-state index < -0.39 is 0 Å². The second-order valence-corrected chi connectivity index (χ2v) is 6.09. The van der Waals surface area contributed by atoms with Gasteiger partial charge in [-0.15, -0.1) is 0 Å². The van der Waals surface area contributed by atoms with Gasteiger partial charge >= 0.3 is 5.97 Å². The Morgan fingerprint density at radius 1 is 0.920 bits per heavy atom. The number of rotatable bonds is 4. The molecule has 0 atom stereocenters. The van der Waals surface area contributed by atoms with E-state index in [4.69, 9.17) is 4.74 Å². The Bertz CT molecular complexity index is 1050. The van der Waals surface area contributed by atoms with E-state index in [9.17, 15) is 4.79 Å². The number of fused-ring (bicyclic) bond motifs is 2. The van der Waals surface area contributed by atoms with Crippen molar-refractivity contribution in [2.75, 3.05) is 0 Å². The van der Waals surface area contributed by atoms with Crippen LogP contribution in [0.2, 0.25) is 6.82 Å². The van der Waals surface area contributed by atoms with Gasteiger partial charge in [0.15, 0.2) is 0 Å². The van der Waals surface area contributed by atoms with Crippen LogP contribution in [0.15, 0.2) is 72.8 Å². The third kappa shape index (κ3) is 2.91. The molecule has 3 nitrogen and oxygen atoms in total. The van der Waals surface area contributed by atoms with Crippen molar-refractivity contribution in [2.45, 2.75) is 13.4 Å². The van der Waals surface area contributed by atoms with Gasteiger partial charge in [-0.05, 0) is 39.9 Å². The van der Waals surface area contributed by atoms with E-state index in [-0.39, 0.29) is 12.6 Å². The molecule has 122 valence electrons. The van der Waals surface area contributed by atoms with Crippen LogP contribution in [-0.2, 0) is 11.3 Å². The van der Waals surface area contributed by atoms with Crippen molar-refractivity contribution >= 4 is 35.1 Å². The van der Waals surface area contributed by atoms with Crippen molar-refractivity contribution < 1.29 is 9.53 Å². The molecular formula is C21H18BNO2. The standard InChI is InChI=1S/C21H18BNO2/c1-22-23-19-12-17-10-6-5-9-16(17)11-18(19)13-20(23)21(24)25-14-15-7-3-2-4-8-15/h2-13,22H,14H2,1H3. The number of ether oxygens (including phenoxy) is 1. The average Bonchev–Trinajstić information content (AvgIpc) is 3.02. The predicted molar refractivity (Wildman–Crippen MR) is 103 cm³/mol. The summed E-state index contributed by atoms with van der Waals surface area (Å²) in [5.41, 5.74) is 2.65. The average molecular weight is 327 g/mol. The van der Waals surface area contributed by atoms with Crippen LogP contribution >= 0.6 is 0 Å². The van der Waals surface area contributed by atoms with Gasteiger partial charge in [-0.25, -0.2) is 4.79 Å². The molecule has 0 saturated heterocycles. The molecule has 0 amide bonds. The van der Waals surface area contributed by atoms with Crippen LogP contribution in [0, 0.1) is 0 Å². The van der Waals surface area contributed by atoms with Gasteiger partial charge in [-0.1, -0.05) is 61.4 Å². The molecular weight excluding hydrogens is 309 g/mol. The Labute approximate surface area is 147 Å². The minimum Gasteiger partial charge on any atom is -0.456 e. The maximum Gasteiger partial charge on any atom is 0.354 e. The van der Waals surface area contributed by atoms with E-state index in [2.05, 4.69) is 24.3 Å². The highest BCUT2D eigenvalue weighted by molar-refractivity contribution is 6.35. The van der Waals surface area contributed by atoms with Crippen molar-refractivity contribution in [3.63, 3.8) is 0 Å². The summed E-state index contributed by atoms with van der Waals surface area (Å²) in [4.78, 5) is 12.6. The van der Waals surface area contributed by atoms with Crippen molar-refractivity contribution in [1.82, 2.24) is 4.48 Å². The lowest BCUT2D eigenvalue weighted by Crippen LogP contribution is -2.14. The maximum atomic E-state index is 12.6. The van der Waals surface area contributed by atoms with E-state index in [1.807, 2.05) is 59.8 Å². The molecule has 0 aliphatic heterocycles. The Hall–Kier alpha value is -3.01. The fourth-order valence-corrected chi connectivity index (χ4v) is 3.26. The van der Waals surface area contributed by atoms with Crippen LogP contribution in [0.3, 0.4) is 0 Å².